The molecule has 0 bridgehead atoms. The predicted octanol–water partition coefficient (Wildman–Crippen LogP) is 1.63. The van der Waals surface area contributed by atoms with Crippen LogP contribution in [0.2, 0.25) is 0 Å². The van der Waals surface area contributed by atoms with Crippen molar-refractivity contribution < 1.29 is 4.79 Å². The molecule has 2 heteroatoms. The van der Waals surface area contributed by atoms with Crippen molar-refractivity contribution in [2.24, 2.45) is 5.92 Å². The molecule has 0 saturated carbocycles. The summed E-state index contributed by atoms with van der Waals surface area (Å²) in [7, 11) is 0. The lowest BCUT2D eigenvalue weighted by molar-refractivity contribution is -0.123. The molecule has 1 aliphatic heterocycles. The van der Waals surface area contributed by atoms with Crippen LogP contribution in [-0.4, -0.2) is 18.9 Å². The van der Waals surface area contributed by atoms with Crippen molar-refractivity contribution in [1.82, 2.24) is 5.32 Å². The zero-order chi connectivity index (χ0) is 10.8. The van der Waals surface area contributed by atoms with Gasteiger partial charge in [-0.15, -0.1) is 0 Å². The van der Waals surface area contributed by atoms with Gasteiger partial charge in [0.05, 0.1) is 0 Å². The first-order valence-electron chi connectivity index (χ1n) is 5.46. The van der Waals surface area contributed by atoms with Crippen molar-refractivity contribution in [3.8, 4) is 0 Å². The Morgan fingerprint density at radius 3 is 2.33 bits per heavy atom. The third kappa shape index (κ3) is 2.45. The van der Waals surface area contributed by atoms with E-state index in [1.165, 1.54) is 11.1 Å². The minimum absolute atomic E-state index is 0.255. The van der Waals surface area contributed by atoms with Gasteiger partial charge >= 0.3 is 0 Å². The molecule has 80 valence electrons. The predicted molar refractivity (Wildman–Crippen MR) is 61.0 cm³/mol. The molecule has 1 aliphatic rings. The van der Waals surface area contributed by atoms with E-state index < -0.39 is 0 Å². The summed E-state index contributed by atoms with van der Waals surface area (Å²) in [6.45, 7) is 5.88. The first kappa shape index (κ1) is 10.4. The summed E-state index contributed by atoms with van der Waals surface area (Å²) in [6.07, 6.45) is 0.592. The summed E-state index contributed by atoms with van der Waals surface area (Å²) in [4.78, 5) is 11.8. The standard InChI is InChI=1S/C13H17NO/c1-9-3-10(2)5-11(4-9)6-13(15)12-7-14-8-12/h3-5,12,14H,6-8H2,1-2H3. The number of hydrogen-bond acceptors (Lipinski definition) is 2. The van der Waals surface area contributed by atoms with Gasteiger partial charge in [0.15, 0.2) is 0 Å². The summed E-state index contributed by atoms with van der Waals surface area (Å²) >= 11 is 0. The van der Waals surface area contributed by atoms with Crippen LogP contribution in [0.3, 0.4) is 0 Å². The van der Waals surface area contributed by atoms with Gasteiger partial charge in [-0.05, 0) is 19.4 Å². The molecule has 0 unspecified atom stereocenters. The van der Waals surface area contributed by atoms with Crippen LogP contribution in [-0.2, 0) is 11.2 Å². The number of hydrogen-bond donors (Lipinski definition) is 1. The molecule has 1 aromatic carbocycles. The molecule has 1 fully saturated rings. The molecule has 1 aromatic rings. The van der Waals surface area contributed by atoms with Crippen molar-refractivity contribution in [3.63, 3.8) is 0 Å². The lowest BCUT2D eigenvalue weighted by Gasteiger charge is -2.25. The van der Waals surface area contributed by atoms with Gasteiger partial charge in [0, 0.05) is 25.4 Å². The monoisotopic (exact) mass is 203 g/mol. The molecule has 0 atom stereocenters. The molecule has 15 heavy (non-hydrogen) atoms. The molecule has 0 radical (unpaired) electrons. The first-order valence-corrected chi connectivity index (χ1v) is 5.46. The van der Waals surface area contributed by atoms with Crippen molar-refractivity contribution in [2.75, 3.05) is 13.1 Å². The smallest absolute Gasteiger partial charge is 0.142 e. The van der Waals surface area contributed by atoms with E-state index >= 15 is 0 Å². The summed E-state index contributed by atoms with van der Waals surface area (Å²) in [5, 5.41) is 3.13. The molecule has 1 heterocycles. The molecule has 0 aromatic heterocycles. The molecule has 2 rings (SSSR count). The number of ketones is 1. The maximum absolute atomic E-state index is 11.8. The van der Waals surface area contributed by atoms with Crippen LogP contribution in [0.25, 0.3) is 0 Å². The van der Waals surface area contributed by atoms with Crippen LogP contribution in [0.5, 0.6) is 0 Å². The Bertz CT molecular complexity index is 360. The third-order valence-electron chi connectivity index (χ3n) is 2.90. The summed E-state index contributed by atoms with van der Waals surface area (Å²) < 4.78 is 0. The average molecular weight is 203 g/mol. The third-order valence-corrected chi connectivity index (χ3v) is 2.90. The van der Waals surface area contributed by atoms with Crippen molar-refractivity contribution in [1.29, 1.82) is 0 Å². The Morgan fingerprint density at radius 1 is 1.27 bits per heavy atom. The van der Waals surface area contributed by atoms with Crippen LogP contribution < -0.4 is 5.32 Å². The van der Waals surface area contributed by atoms with Gasteiger partial charge in [0.1, 0.15) is 5.78 Å². The molecule has 1 saturated heterocycles. The van der Waals surface area contributed by atoms with Crippen LogP contribution >= 0.6 is 0 Å². The average Bonchev–Trinajstić information content (AvgIpc) is 1.96. The number of Topliss-reactive ketones (excluding diaryl/α,β-unsaturated/α-hetero) is 1. The van der Waals surface area contributed by atoms with Gasteiger partial charge in [-0.25, -0.2) is 0 Å². The zero-order valence-electron chi connectivity index (χ0n) is 9.34. The van der Waals surface area contributed by atoms with E-state index in [2.05, 4.69) is 37.4 Å². The lowest BCUT2D eigenvalue weighted by atomic mass is 9.92. The molecular formula is C13H17NO. The zero-order valence-corrected chi connectivity index (χ0v) is 9.34. The quantitative estimate of drug-likeness (QED) is 0.809. The summed E-state index contributed by atoms with van der Waals surface area (Å²) in [6, 6.07) is 6.35. The van der Waals surface area contributed by atoms with Crippen molar-refractivity contribution in [2.45, 2.75) is 20.3 Å². The second-order valence-electron chi connectivity index (χ2n) is 4.49. The Balaban J connectivity index is 2.06. The Labute approximate surface area is 90.7 Å². The van der Waals surface area contributed by atoms with Gasteiger partial charge in [0.2, 0.25) is 0 Å². The van der Waals surface area contributed by atoms with E-state index in [1.807, 2.05) is 0 Å². The van der Waals surface area contributed by atoms with Gasteiger partial charge in [-0.3, -0.25) is 4.79 Å². The van der Waals surface area contributed by atoms with E-state index in [4.69, 9.17) is 0 Å². The minimum Gasteiger partial charge on any atom is -0.315 e. The van der Waals surface area contributed by atoms with E-state index in [0.717, 1.165) is 18.7 Å². The maximum atomic E-state index is 11.8. The highest BCUT2D eigenvalue weighted by Crippen LogP contribution is 2.13. The SMILES string of the molecule is Cc1cc(C)cc(CC(=O)C2CNC2)c1. The Hall–Kier alpha value is -1.15. The number of aryl methyl sites for hydroxylation is 2. The highest BCUT2D eigenvalue weighted by atomic mass is 16.1. The summed E-state index contributed by atoms with van der Waals surface area (Å²) in [5.74, 6) is 0.629. The fourth-order valence-corrected chi connectivity index (χ4v) is 2.03. The fraction of sp³-hybridized carbons (Fsp3) is 0.462. The minimum atomic E-state index is 0.255. The lowest BCUT2D eigenvalue weighted by Crippen LogP contribution is -2.47. The first-order chi connectivity index (χ1) is 7.15. The van der Waals surface area contributed by atoms with Crippen LogP contribution in [0.4, 0.5) is 0 Å². The van der Waals surface area contributed by atoms with Gasteiger partial charge < -0.3 is 5.32 Å². The maximum Gasteiger partial charge on any atom is 0.142 e. The highest BCUT2D eigenvalue weighted by molar-refractivity contribution is 5.84. The number of carbonyl (C=O) groups excluding carboxylic acids is 1. The van der Waals surface area contributed by atoms with Crippen molar-refractivity contribution in [3.05, 3.63) is 34.9 Å². The van der Waals surface area contributed by atoms with Crippen LogP contribution in [0, 0.1) is 19.8 Å². The fourth-order valence-electron chi connectivity index (χ4n) is 2.03. The van der Waals surface area contributed by atoms with E-state index in [-0.39, 0.29) is 5.92 Å². The number of nitrogens with one attached hydrogen (secondary N) is 1. The molecule has 1 N–H and O–H groups in total. The number of rotatable bonds is 3. The topological polar surface area (TPSA) is 29.1 Å². The largest absolute Gasteiger partial charge is 0.315 e. The second kappa shape index (κ2) is 4.15. The Morgan fingerprint density at radius 2 is 1.87 bits per heavy atom. The molecular weight excluding hydrogens is 186 g/mol. The second-order valence-corrected chi connectivity index (χ2v) is 4.49. The highest BCUT2D eigenvalue weighted by Gasteiger charge is 2.24. The number of benzene rings is 1. The summed E-state index contributed by atoms with van der Waals surface area (Å²) in [5.41, 5.74) is 3.64. The molecule has 0 amide bonds. The Kier molecular flexibility index (Phi) is 2.87. The van der Waals surface area contributed by atoms with Gasteiger partial charge in [0.25, 0.3) is 0 Å². The number of carbonyl (C=O) groups is 1. The normalized spacial score (nSPS) is 16.1. The van der Waals surface area contributed by atoms with Gasteiger partial charge in [-0.2, -0.15) is 0 Å². The van der Waals surface area contributed by atoms with E-state index in [1.54, 1.807) is 0 Å². The van der Waals surface area contributed by atoms with Crippen molar-refractivity contribution >= 4 is 5.78 Å². The van der Waals surface area contributed by atoms with Crippen LogP contribution in [0.15, 0.2) is 18.2 Å². The molecule has 0 aliphatic carbocycles. The van der Waals surface area contributed by atoms with Gasteiger partial charge in [-0.1, -0.05) is 29.3 Å². The van der Waals surface area contributed by atoms with E-state index in [9.17, 15) is 4.79 Å². The molecule has 0 spiro atoms. The molecule has 2 nitrogen and oxygen atoms in total. The van der Waals surface area contributed by atoms with Crippen LogP contribution in [0.1, 0.15) is 16.7 Å². The van der Waals surface area contributed by atoms with E-state index in [0.29, 0.717) is 12.2 Å².